The highest BCUT2D eigenvalue weighted by molar-refractivity contribution is 7.15. The van der Waals surface area contributed by atoms with E-state index < -0.39 is 18.1 Å². The number of amides is 2. The van der Waals surface area contributed by atoms with E-state index in [2.05, 4.69) is 75.7 Å². The molecule has 0 aliphatic carbocycles. The summed E-state index contributed by atoms with van der Waals surface area (Å²) in [5.41, 5.74) is 9.63. The first-order chi connectivity index (χ1) is 31.8. The predicted molar refractivity (Wildman–Crippen MR) is 259 cm³/mol. The second kappa shape index (κ2) is 20.5. The number of aryl methyl sites for hydroxylation is 3. The molecule has 0 bridgehead atoms. The molecule has 0 saturated carbocycles. The van der Waals surface area contributed by atoms with Crippen molar-refractivity contribution in [3.8, 4) is 21.3 Å². The summed E-state index contributed by atoms with van der Waals surface area (Å²) in [6.45, 7) is 18.0. The topological polar surface area (TPSA) is 173 Å². The van der Waals surface area contributed by atoms with Crippen molar-refractivity contribution in [1.82, 2.24) is 40.4 Å². The minimum Gasteiger partial charge on any atom is -0.476 e. The van der Waals surface area contributed by atoms with Crippen molar-refractivity contribution in [2.45, 2.75) is 104 Å². The molecule has 4 aromatic heterocycles. The molecule has 1 fully saturated rings. The second-order valence-electron chi connectivity index (χ2n) is 17.4. The van der Waals surface area contributed by atoms with Crippen LogP contribution in [-0.4, -0.2) is 84.3 Å². The van der Waals surface area contributed by atoms with E-state index in [1.165, 1.54) is 4.88 Å². The lowest BCUT2D eigenvalue weighted by atomic mass is 9.91. The lowest BCUT2D eigenvalue weighted by Gasteiger charge is -2.30. The van der Waals surface area contributed by atoms with Crippen molar-refractivity contribution < 1.29 is 24.0 Å². The van der Waals surface area contributed by atoms with Crippen molar-refractivity contribution in [3.63, 3.8) is 0 Å². The summed E-state index contributed by atoms with van der Waals surface area (Å²) in [7, 11) is 0. The monoisotopic (exact) mass is 949 g/mol. The van der Waals surface area contributed by atoms with Crippen LogP contribution in [0.3, 0.4) is 0 Å². The van der Waals surface area contributed by atoms with Gasteiger partial charge < -0.3 is 29.9 Å². The number of benzene rings is 2. The third-order valence-corrected chi connectivity index (χ3v) is 14.7. The number of thiazole rings is 1. The Morgan fingerprint density at radius 3 is 2.50 bits per heavy atom. The summed E-state index contributed by atoms with van der Waals surface area (Å²) in [4.78, 5) is 41.2. The average molecular weight is 951 g/mol. The Morgan fingerprint density at radius 1 is 1.02 bits per heavy atom. The number of hydrogen-bond acceptors (Lipinski definition) is 13. The van der Waals surface area contributed by atoms with Gasteiger partial charge in [-0.2, -0.15) is 0 Å². The van der Waals surface area contributed by atoms with E-state index in [1.54, 1.807) is 33.6 Å². The number of β-amino-alcohol motifs (C(OH)–C–C–N with tert-alkyl or cyclic N) is 1. The first kappa shape index (κ1) is 46.8. The van der Waals surface area contributed by atoms with Gasteiger partial charge in [0.1, 0.15) is 22.8 Å². The van der Waals surface area contributed by atoms with Gasteiger partial charge in [0.25, 0.3) is 5.88 Å². The standard InChI is InChI=1S/C49H56ClN9O5S2/c1-27(2)43(48(62)58-25-37(60)21-39(58)29(4)52-24-33-11-13-35(14-12-33)46-30(5)53-26-65-46)40-23-42(57-64-40)63-20-10-8-9-19-51-41(61)22-38-47-56-55-32(7)59(47)49-44(28(3)31(6)66-49)45(54-38)34-15-17-36(50)18-16-34/h11-18,23,26-27,37-39,43,52,60H,4,8-10,19-22,24-25H2,1-3,5-7H3,(H,51,61)/t37?,38?,39-,43?/m0/s1. The highest BCUT2D eigenvalue weighted by atomic mass is 35.5. The van der Waals surface area contributed by atoms with Crippen molar-refractivity contribution in [2.75, 3.05) is 19.7 Å². The number of nitrogens with one attached hydrogen (secondary N) is 2. The van der Waals surface area contributed by atoms with Gasteiger partial charge in [0.15, 0.2) is 11.6 Å². The van der Waals surface area contributed by atoms with Gasteiger partial charge in [-0.15, -0.1) is 32.9 Å². The quantitative estimate of drug-likeness (QED) is 0.0706. The Morgan fingerprint density at radius 2 is 1.77 bits per heavy atom. The lowest BCUT2D eigenvalue weighted by Crippen LogP contribution is -2.43. The normalized spacial score (nSPS) is 17.3. The maximum Gasteiger partial charge on any atom is 0.254 e. The molecule has 0 spiro atoms. The number of aliphatic hydroxyl groups is 1. The van der Waals surface area contributed by atoms with E-state index in [0.29, 0.717) is 54.3 Å². The van der Waals surface area contributed by atoms with E-state index >= 15 is 0 Å². The average Bonchev–Trinajstić information content (AvgIpc) is 4.14. The molecule has 8 rings (SSSR count). The number of fused-ring (bicyclic) bond motifs is 3. The largest absolute Gasteiger partial charge is 0.476 e. The second-order valence-corrected chi connectivity index (χ2v) is 19.9. The molecule has 346 valence electrons. The van der Waals surface area contributed by atoms with Gasteiger partial charge in [-0.05, 0) is 86.9 Å². The fourth-order valence-electron chi connectivity index (χ4n) is 8.66. The Balaban J connectivity index is 0.808. The fraction of sp³-hybridized carbons (Fsp3) is 0.408. The Labute approximate surface area is 398 Å². The van der Waals surface area contributed by atoms with Gasteiger partial charge in [-0.1, -0.05) is 68.4 Å². The van der Waals surface area contributed by atoms with Crippen LogP contribution >= 0.6 is 34.3 Å². The maximum absolute atomic E-state index is 14.2. The van der Waals surface area contributed by atoms with Crippen LogP contribution in [0.5, 0.6) is 5.88 Å². The molecule has 17 heteroatoms. The van der Waals surface area contributed by atoms with Crippen LogP contribution < -0.4 is 15.4 Å². The third kappa shape index (κ3) is 10.2. The van der Waals surface area contributed by atoms with E-state index in [4.69, 9.17) is 25.9 Å². The number of carbonyl (C=O) groups excluding carboxylic acids is 2. The number of unbranched alkanes of at least 4 members (excludes halogenated alkanes) is 2. The molecule has 6 heterocycles. The van der Waals surface area contributed by atoms with Gasteiger partial charge in [-0.25, -0.2) is 4.98 Å². The molecule has 14 nitrogen and oxygen atoms in total. The number of aliphatic hydroxyl groups excluding tert-OH is 1. The number of nitrogens with zero attached hydrogens (tertiary/aromatic N) is 7. The fourth-order valence-corrected chi connectivity index (χ4v) is 10.8. The Bertz CT molecular complexity index is 2720. The molecule has 2 aromatic carbocycles. The summed E-state index contributed by atoms with van der Waals surface area (Å²) >= 11 is 9.55. The molecular formula is C49H56ClN9O5S2. The molecule has 0 radical (unpaired) electrons. The van der Waals surface area contributed by atoms with Crippen LogP contribution in [0.15, 0.2) is 81.9 Å². The first-order valence-corrected chi connectivity index (χ1v) is 24.5. The van der Waals surface area contributed by atoms with Crippen molar-refractivity contribution in [2.24, 2.45) is 10.9 Å². The van der Waals surface area contributed by atoms with Gasteiger partial charge in [0.05, 0.1) is 47.0 Å². The van der Waals surface area contributed by atoms with Crippen molar-refractivity contribution >= 4 is 51.8 Å². The Kier molecular flexibility index (Phi) is 14.5. The molecule has 2 amide bonds. The van der Waals surface area contributed by atoms with Gasteiger partial charge in [-0.3, -0.25) is 19.1 Å². The molecule has 4 atom stereocenters. The molecule has 2 aliphatic heterocycles. The van der Waals surface area contributed by atoms with Gasteiger partial charge in [0.2, 0.25) is 11.8 Å². The van der Waals surface area contributed by atoms with Crippen LogP contribution in [0.4, 0.5) is 0 Å². The lowest BCUT2D eigenvalue weighted by molar-refractivity contribution is -0.135. The van der Waals surface area contributed by atoms with Crippen LogP contribution in [-0.2, 0) is 16.1 Å². The van der Waals surface area contributed by atoms with Gasteiger partial charge >= 0.3 is 0 Å². The zero-order valence-electron chi connectivity index (χ0n) is 38.1. The zero-order valence-corrected chi connectivity index (χ0v) is 40.5. The first-order valence-electron chi connectivity index (χ1n) is 22.4. The molecule has 3 N–H and O–H groups in total. The number of aliphatic imine (C=N–C) groups is 1. The minimum atomic E-state index is -0.671. The predicted octanol–water partition coefficient (Wildman–Crippen LogP) is 8.98. The number of likely N-dealkylation sites (tertiary alicyclic amines) is 1. The van der Waals surface area contributed by atoms with Crippen molar-refractivity contribution in [3.05, 3.63) is 128 Å². The molecular weight excluding hydrogens is 894 g/mol. The van der Waals surface area contributed by atoms with Crippen LogP contribution in [0.1, 0.15) is 108 Å². The number of thiophene rings is 1. The van der Waals surface area contributed by atoms with E-state index in [-0.39, 0.29) is 36.7 Å². The summed E-state index contributed by atoms with van der Waals surface area (Å²) in [5.74, 6) is 1.08. The smallest absolute Gasteiger partial charge is 0.254 e. The number of rotatable bonds is 18. The summed E-state index contributed by atoms with van der Waals surface area (Å²) in [5, 5.41) is 31.9. The molecule has 6 aromatic rings. The minimum absolute atomic E-state index is 0.113. The highest BCUT2D eigenvalue weighted by Crippen LogP contribution is 2.40. The number of aromatic nitrogens is 5. The van der Waals surface area contributed by atoms with Crippen molar-refractivity contribution in [1.29, 1.82) is 0 Å². The summed E-state index contributed by atoms with van der Waals surface area (Å²) < 4.78 is 13.7. The van der Waals surface area contributed by atoms with Crippen LogP contribution in [0, 0.1) is 33.6 Å². The van der Waals surface area contributed by atoms with E-state index in [0.717, 1.165) is 74.2 Å². The van der Waals surface area contributed by atoms with Crippen LogP contribution in [0.2, 0.25) is 5.02 Å². The molecule has 2 aliphatic rings. The SMILES string of the molecule is C=C(NCc1ccc(-c2scnc2C)cc1)[C@@H]1CC(O)CN1C(=O)C(c1cc(OCCCCCNC(=O)CC2N=C(c3ccc(Cl)cc3)c3c(sc(C)c3C)-n3c(C)nnc32)no1)C(C)C. The van der Waals surface area contributed by atoms with Crippen LogP contribution in [0.25, 0.3) is 15.4 Å². The Hall–Kier alpha value is -5.68. The summed E-state index contributed by atoms with van der Waals surface area (Å²) in [6, 6.07) is 16.7. The van der Waals surface area contributed by atoms with E-state index in [1.807, 2.05) is 62.0 Å². The molecule has 3 unspecified atom stereocenters. The summed E-state index contributed by atoms with van der Waals surface area (Å²) in [6.07, 6.45) is 2.12. The van der Waals surface area contributed by atoms with Gasteiger partial charge in [0, 0.05) is 58.8 Å². The highest BCUT2D eigenvalue weighted by Gasteiger charge is 2.41. The number of carbonyl (C=O) groups is 2. The zero-order chi connectivity index (χ0) is 46.6. The van der Waals surface area contributed by atoms with E-state index in [9.17, 15) is 14.7 Å². The number of hydrogen-bond donors (Lipinski definition) is 3. The number of halogens is 1. The number of ether oxygens (including phenoxy) is 1. The maximum atomic E-state index is 14.2. The molecule has 1 saturated heterocycles. The third-order valence-electron chi connectivity index (χ3n) is 12.3. The molecule has 66 heavy (non-hydrogen) atoms.